The standard InChI is InChI=1S/C13H9BrN2O/c14-10-5-6-11(16)13(7-10)17-12-4-2-1-3-9(12)8-15/h1-7H,16H2. The first kappa shape index (κ1) is 11.5. The van der Waals surface area contributed by atoms with E-state index in [1.165, 1.54) is 0 Å². The van der Waals surface area contributed by atoms with Gasteiger partial charge in [0.1, 0.15) is 11.8 Å². The van der Waals surface area contributed by atoms with E-state index in [2.05, 4.69) is 22.0 Å². The Hall–Kier alpha value is -1.99. The Kier molecular flexibility index (Phi) is 3.31. The number of para-hydroxylation sites is 1. The Balaban J connectivity index is 2.38. The number of ether oxygens (including phenoxy) is 1. The molecule has 84 valence electrons. The fraction of sp³-hybridized carbons (Fsp3) is 0. The number of nitrogens with zero attached hydrogens (tertiary/aromatic N) is 1. The van der Waals surface area contributed by atoms with Crippen LogP contribution in [0.1, 0.15) is 5.56 Å². The summed E-state index contributed by atoms with van der Waals surface area (Å²) in [6.45, 7) is 0. The van der Waals surface area contributed by atoms with Crippen LogP contribution in [0.5, 0.6) is 11.5 Å². The number of halogens is 1. The van der Waals surface area contributed by atoms with Crippen LogP contribution < -0.4 is 10.5 Å². The van der Waals surface area contributed by atoms with Gasteiger partial charge < -0.3 is 10.5 Å². The highest BCUT2D eigenvalue weighted by atomic mass is 79.9. The van der Waals surface area contributed by atoms with Gasteiger partial charge in [0.05, 0.1) is 11.3 Å². The fourth-order valence-electron chi connectivity index (χ4n) is 1.36. The molecule has 2 aromatic carbocycles. The van der Waals surface area contributed by atoms with E-state index in [0.717, 1.165) is 4.47 Å². The lowest BCUT2D eigenvalue weighted by atomic mass is 10.2. The predicted octanol–water partition coefficient (Wildman–Crippen LogP) is 3.70. The van der Waals surface area contributed by atoms with Crippen LogP contribution in [-0.2, 0) is 0 Å². The summed E-state index contributed by atoms with van der Waals surface area (Å²) in [5.74, 6) is 1.03. The highest BCUT2D eigenvalue weighted by Gasteiger charge is 2.06. The first-order valence-electron chi connectivity index (χ1n) is 4.92. The molecule has 2 rings (SSSR count). The fourth-order valence-corrected chi connectivity index (χ4v) is 1.70. The number of anilines is 1. The zero-order valence-corrected chi connectivity index (χ0v) is 10.4. The van der Waals surface area contributed by atoms with Gasteiger partial charge in [-0.2, -0.15) is 5.26 Å². The Morgan fingerprint density at radius 1 is 1.12 bits per heavy atom. The lowest BCUT2D eigenvalue weighted by Gasteiger charge is -2.09. The van der Waals surface area contributed by atoms with Crippen LogP contribution in [0.15, 0.2) is 46.9 Å². The normalized spacial score (nSPS) is 9.65. The van der Waals surface area contributed by atoms with Crippen LogP contribution >= 0.6 is 15.9 Å². The van der Waals surface area contributed by atoms with E-state index in [1.807, 2.05) is 12.1 Å². The third-order valence-electron chi connectivity index (χ3n) is 2.20. The summed E-state index contributed by atoms with van der Waals surface area (Å²) in [5, 5.41) is 8.95. The molecular weight excluding hydrogens is 280 g/mol. The molecule has 0 saturated carbocycles. The third-order valence-corrected chi connectivity index (χ3v) is 2.70. The van der Waals surface area contributed by atoms with E-state index in [-0.39, 0.29) is 0 Å². The largest absolute Gasteiger partial charge is 0.454 e. The first-order chi connectivity index (χ1) is 8.20. The number of nitrogens with two attached hydrogens (primary N) is 1. The van der Waals surface area contributed by atoms with Crippen molar-refractivity contribution in [2.45, 2.75) is 0 Å². The molecule has 0 atom stereocenters. The topological polar surface area (TPSA) is 59.0 Å². The van der Waals surface area contributed by atoms with Gasteiger partial charge in [-0.25, -0.2) is 0 Å². The number of hydrogen-bond donors (Lipinski definition) is 1. The number of rotatable bonds is 2. The molecule has 0 unspecified atom stereocenters. The molecule has 0 bridgehead atoms. The summed E-state index contributed by atoms with van der Waals surface area (Å²) in [4.78, 5) is 0. The molecule has 17 heavy (non-hydrogen) atoms. The highest BCUT2D eigenvalue weighted by Crippen LogP contribution is 2.31. The number of nitriles is 1. The van der Waals surface area contributed by atoms with E-state index in [0.29, 0.717) is 22.7 Å². The summed E-state index contributed by atoms with van der Waals surface area (Å²) < 4.78 is 6.51. The Morgan fingerprint density at radius 2 is 1.88 bits per heavy atom. The average molecular weight is 289 g/mol. The summed E-state index contributed by atoms with van der Waals surface area (Å²) in [6.07, 6.45) is 0. The molecule has 2 aromatic rings. The number of hydrogen-bond acceptors (Lipinski definition) is 3. The van der Waals surface area contributed by atoms with Crippen molar-refractivity contribution < 1.29 is 4.74 Å². The molecule has 0 amide bonds. The van der Waals surface area contributed by atoms with Gasteiger partial charge in [0.25, 0.3) is 0 Å². The minimum absolute atomic E-state index is 0.479. The van der Waals surface area contributed by atoms with Crippen LogP contribution in [-0.4, -0.2) is 0 Å². The zero-order chi connectivity index (χ0) is 12.3. The number of nitrogen functional groups attached to an aromatic ring is 1. The van der Waals surface area contributed by atoms with Crippen LogP contribution in [0.2, 0.25) is 0 Å². The first-order valence-corrected chi connectivity index (χ1v) is 5.72. The Morgan fingerprint density at radius 3 is 2.65 bits per heavy atom. The third kappa shape index (κ3) is 2.58. The maximum atomic E-state index is 8.95. The van der Waals surface area contributed by atoms with Gasteiger partial charge in [0.2, 0.25) is 0 Å². The molecular formula is C13H9BrN2O. The molecule has 4 heteroatoms. The van der Waals surface area contributed by atoms with E-state index < -0.39 is 0 Å². The molecule has 0 aliphatic heterocycles. The van der Waals surface area contributed by atoms with Gasteiger partial charge in [-0.1, -0.05) is 28.1 Å². The van der Waals surface area contributed by atoms with Crippen molar-refractivity contribution in [3.8, 4) is 17.6 Å². The summed E-state index contributed by atoms with van der Waals surface area (Å²) in [7, 11) is 0. The summed E-state index contributed by atoms with van der Waals surface area (Å²) in [5.41, 5.74) is 6.81. The lowest BCUT2D eigenvalue weighted by molar-refractivity contribution is 0.483. The van der Waals surface area contributed by atoms with Crippen molar-refractivity contribution in [2.24, 2.45) is 0 Å². The van der Waals surface area contributed by atoms with Crippen molar-refractivity contribution in [1.29, 1.82) is 5.26 Å². The molecule has 2 N–H and O–H groups in total. The SMILES string of the molecule is N#Cc1ccccc1Oc1cc(Br)ccc1N. The Labute approximate surface area is 108 Å². The second-order valence-electron chi connectivity index (χ2n) is 3.39. The minimum atomic E-state index is 0.479. The van der Waals surface area contributed by atoms with Gasteiger partial charge in [0, 0.05) is 4.47 Å². The maximum Gasteiger partial charge on any atom is 0.151 e. The Bertz CT molecular complexity index is 590. The van der Waals surface area contributed by atoms with E-state index in [9.17, 15) is 0 Å². The highest BCUT2D eigenvalue weighted by molar-refractivity contribution is 9.10. The molecule has 0 fully saturated rings. The molecule has 0 saturated heterocycles. The maximum absolute atomic E-state index is 8.95. The van der Waals surface area contributed by atoms with E-state index in [4.69, 9.17) is 15.7 Å². The van der Waals surface area contributed by atoms with Crippen molar-refractivity contribution in [1.82, 2.24) is 0 Å². The van der Waals surface area contributed by atoms with Gasteiger partial charge in [-0.3, -0.25) is 0 Å². The van der Waals surface area contributed by atoms with Crippen molar-refractivity contribution in [2.75, 3.05) is 5.73 Å². The minimum Gasteiger partial charge on any atom is -0.454 e. The van der Waals surface area contributed by atoms with Crippen LogP contribution in [0.25, 0.3) is 0 Å². The van der Waals surface area contributed by atoms with Gasteiger partial charge in [0.15, 0.2) is 5.75 Å². The summed E-state index contributed by atoms with van der Waals surface area (Å²) in [6, 6.07) is 14.4. The molecule has 0 aromatic heterocycles. The van der Waals surface area contributed by atoms with E-state index in [1.54, 1.807) is 30.3 Å². The predicted molar refractivity (Wildman–Crippen MR) is 69.8 cm³/mol. The van der Waals surface area contributed by atoms with Gasteiger partial charge in [-0.05, 0) is 30.3 Å². The van der Waals surface area contributed by atoms with Gasteiger partial charge >= 0.3 is 0 Å². The molecule has 3 nitrogen and oxygen atoms in total. The monoisotopic (exact) mass is 288 g/mol. The molecule has 0 spiro atoms. The van der Waals surface area contributed by atoms with Crippen LogP contribution in [0.4, 0.5) is 5.69 Å². The molecule has 0 aliphatic rings. The van der Waals surface area contributed by atoms with Crippen LogP contribution in [0.3, 0.4) is 0 Å². The quantitative estimate of drug-likeness (QED) is 0.858. The molecule has 0 radical (unpaired) electrons. The molecule has 0 heterocycles. The smallest absolute Gasteiger partial charge is 0.151 e. The average Bonchev–Trinajstić information content (AvgIpc) is 2.34. The second-order valence-corrected chi connectivity index (χ2v) is 4.31. The van der Waals surface area contributed by atoms with Gasteiger partial charge in [-0.15, -0.1) is 0 Å². The zero-order valence-electron chi connectivity index (χ0n) is 8.85. The lowest BCUT2D eigenvalue weighted by Crippen LogP contribution is -1.93. The van der Waals surface area contributed by atoms with Crippen molar-refractivity contribution in [3.63, 3.8) is 0 Å². The molecule has 0 aliphatic carbocycles. The number of benzene rings is 2. The van der Waals surface area contributed by atoms with Crippen molar-refractivity contribution >= 4 is 21.6 Å². The second kappa shape index (κ2) is 4.89. The van der Waals surface area contributed by atoms with Crippen molar-refractivity contribution in [3.05, 3.63) is 52.5 Å². The van der Waals surface area contributed by atoms with E-state index >= 15 is 0 Å². The van der Waals surface area contributed by atoms with Crippen LogP contribution in [0, 0.1) is 11.3 Å². The summed E-state index contributed by atoms with van der Waals surface area (Å²) >= 11 is 3.34.